The molecule has 4 heteroatoms. The Morgan fingerprint density at radius 2 is 2.29 bits per heavy atom. The molecule has 0 radical (unpaired) electrons. The summed E-state index contributed by atoms with van der Waals surface area (Å²) in [6, 6.07) is 5.71. The second-order valence-electron chi connectivity index (χ2n) is 2.66. The molecule has 2 rings (SSSR count). The molecule has 2 heterocycles. The fourth-order valence-electron chi connectivity index (χ4n) is 1.08. The van der Waals surface area contributed by atoms with Gasteiger partial charge < -0.3 is 4.85 Å². The average molecular weight is 201 g/mol. The van der Waals surface area contributed by atoms with Crippen LogP contribution in [-0.4, -0.2) is 9.97 Å². The maximum Gasteiger partial charge on any atom is 0.265 e. The molecule has 14 heavy (non-hydrogen) atoms. The molecule has 0 aliphatic heterocycles. The Morgan fingerprint density at radius 1 is 1.36 bits per heavy atom. The van der Waals surface area contributed by atoms with Gasteiger partial charge in [-0.15, -0.1) is 11.3 Å². The maximum atomic E-state index is 6.73. The van der Waals surface area contributed by atoms with Crippen LogP contribution in [0.5, 0.6) is 0 Å². The number of hydrogen-bond acceptors (Lipinski definition) is 3. The van der Waals surface area contributed by atoms with Gasteiger partial charge >= 0.3 is 0 Å². The van der Waals surface area contributed by atoms with Gasteiger partial charge in [0.1, 0.15) is 5.69 Å². The van der Waals surface area contributed by atoms with Crippen LogP contribution in [0.4, 0.5) is 0 Å². The van der Waals surface area contributed by atoms with Crippen molar-refractivity contribution in [1.29, 1.82) is 0 Å². The van der Waals surface area contributed by atoms with Gasteiger partial charge in [-0.1, -0.05) is 6.07 Å². The number of pyridine rings is 1. The summed E-state index contributed by atoms with van der Waals surface area (Å²) in [5, 5.41) is 2.78. The van der Waals surface area contributed by atoms with E-state index < -0.39 is 0 Å². The highest BCUT2D eigenvalue weighted by Crippen LogP contribution is 2.19. The van der Waals surface area contributed by atoms with Gasteiger partial charge in [0.2, 0.25) is 0 Å². The van der Waals surface area contributed by atoms with E-state index in [9.17, 15) is 0 Å². The molecule has 0 amide bonds. The van der Waals surface area contributed by atoms with Crippen LogP contribution < -0.4 is 0 Å². The summed E-state index contributed by atoms with van der Waals surface area (Å²) in [6.45, 7) is 7.09. The average Bonchev–Trinajstić information content (AvgIpc) is 2.68. The van der Waals surface area contributed by atoms with Crippen LogP contribution in [0.1, 0.15) is 5.01 Å². The summed E-state index contributed by atoms with van der Waals surface area (Å²) in [5.74, 6) is 0. The first-order chi connectivity index (χ1) is 6.90. The molecule has 0 bridgehead atoms. The van der Waals surface area contributed by atoms with E-state index in [0.29, 0.717) is 6.54 Å². The Hall–Kier alpha value is -1.73. The molecule has 0 saturated carbocycles. The van der Waals surface area contributed by atoms with E-state index in [1.54, 1.807) is 6.20 Å². The first-order valence-corrected chi connectivity index (χ1v) is 4.97. The third kappa shape index (κ3) is 1.78. The van der Waals surface area contributed by atoms with Crippen molar-refractivity contribution in [2.45, 2.75) is 6.54 Å². The number of thiazole rings is 1. The third-order valence-corrected chi connectivity index (χ3v) is 2.53. The predicted octanol–water partition coefficient (Wildman–Crippen LogP) is 2.62. The van der Waals surface area contributed by atoms with Crippen LogP contribution in [0.15, 0.2) is 29.8 Å². The maximum absolute atomic E-state index is 6.73. The molecular formula is C10H7N3S. The summed E-state index contributed by atoms with van der Waals surface area (Å²) < 4.78 is 0. The van der Waals surface area contributed by atoms with Crippen LogP contribution in [0.3, 0.4) is 0 Å². The number of hydrogen-bond donors (Lipinski definition) is 0. The van der Waals surface area contributed by atoms with E-state index in [0.717, 1.165) is 16.4 Å². The summed E-state index contributed by atoms with van der Waals surface area (Å²) in [4.78, 5) is 11.8. The lowest BCUT2D eigenvalue weighted by molar-refractivity contribution is 1.17. The lowest BCUT2D eigenvalue weighted by Crippen LogP contribution is -1.82. The first kappa shape index (κ1) is 8.85. The van der Waals surface area contributed by atoms with E-state index >= 15 is 0 Å². The molecule has 0 aliphatic carbocycles. The molecule has 0 spiro atoms. The van der Waals surface area contributed by atoms with Crippen molar-refractivity contribution in [3.8, 4) is 11.4 Å². The van der Waals surface area contributed by atoms with E-state index in [2.05, 4.69) is 14.8 Å². The van der Waals surface area contributed by atoms with E-state index in [1.165, 1.54) is 11.3 Å². The van der Waals surface area contributed by atoms with Crippen molar-refractivity contribution >= 4 is 11.3 Å². The van der Waals surface area contributed by atoms with Crippen LogP contribution in [-0.2, 0) is 6.54 Å². The molecule has 0 fully saturated rings. The van der Waals surface area contributed by atoms with Gasteiger partial charge in [0.25, 0.3) is 6.54 Å². The first-order valence-electron chi connectivity index (χ1n) is 4.09. The lowest BCUT2D eigenvalue weighted by atomic mass is 10.3. The molecule has 2 aromatic rings. The lowest BCUT2D eigenvalue weighted by Gasteiger charge is -1.91. The van der Waals surface area contributed by atoms with Crippen molar-refractivity contribution in [3.63, 3.8) is 0 Å². The Balaban J connectivity index is 2.31. The fourth-order valence-corrected chi connectivity index (χ4v) is 1.79. The van der Waals surface area contributed by atoms with Crippen LogP contribution in [0, 0.1) is 6.57 Å². The SMILES string of the molecule is [C-]#[N+]Cc1nc(-c2ccccn2)cs1. The minimum absolute atomic E-state index is 0.359. The monoisotopic (exact) mass is 201 g/mol. The van der Waals surface area contributed by atoms with Crippen LogP contribution in [0.2, 0.25) is 0 Å². The molecule has 68 valence electrons. The summed E-state index contributed by atoms with van der Waals surface area (Å²) in [7, 11) is 0. The van der Waals surface area contributed by atoms with Gasteiger partial charge in [0, 0.05) is 11.6 Å². The second-order valence-corrected chi connectivity index (χ2v) is 3.60. The highest BCUT2D eigenvalue weighted by molar-refractivity contribution is 7.09. The fraction of sp³-hybridized carbons (Fsp3) is 0.100. The molecular weight excluding hydrogens is 194 g/mol. The van der Waals surface area contributed by atoms with E-state index in [4.69, 9.17) is 6.57 Å². The number of nitrogens with zero attached hydrogens (tertiary/aromatic N) is 3. The summed E-state index contributed by atoms with van der Waals surface area (Å²) in [5.41, 5.74) is 1.72. The highest BCUT2D eigenvalue weighted by atomic mass is 32.1. The normalized spacial score (nSPS) is 9.64. The van der Waals surface area contributed by atoms with Gasteiger partial charge in [-0.3, -0.25) is 4.98 Å². The molecule has 0 unspecified atom stereocenters. The summed E-state index contributed by atoms with van der Waals surface area (Å²) >= 11 is 1.50. The zero-order valence-electron chi connectivity index (χ0n) is 7.34. The van der Waals surface area contributed by atoms with Crippen molar-refractivity contribution in [3.05, 3.63) is 46.2 Å². The van der Waals surface area contributed by atoms with Crippen molar-refractivity contribution in [2.75, 3.05) is 0 Å². The van der Waals surface area contributed by atoms with E-state index in [1.807, 2.05) is 23.6 Å². The number of aromatic nitrogens is 2. The highest BCUT2D eigenvalue weighted by Gasteiger charge is 2.05. The Morgan fingerprint density at radius 3 is 3.00 bits per heavy atom. The van der Waals surface area contributed by atoms with Crippen LogP contribution in [0.25, 0.3) is 16.2 Å². The van der Waals surface area contributed by atoms with Crippen molar-refractivity contribution in [1.82, 2.24) is 9.97 Å². The standard InChI is InChI=1S/C10H7N3S/c1-11-6-10-13-9(7-14-10)8-4-2-3-5-12-8/h2-5,7H,6H2. The molecule has 0 atom stereocenters. The third-order valence-electron chi connectivity index (χ3n) is 1.69. The Kier molecular flexibility index (Phi) is 2.52. The topological polar surface area (TPSA) is 30.1 Å². The zero-order chi connectivity index (χ0) is 9.80. The van der Waals surface area contributed by atoms with Gasteiger partial charge in [0.05, 0.1) is 5.69 Å². The summed E-state index contributed by atoms with van der Waals surface area (Å²) in [6.07, 6.45) is 1.74. The smallest absolute Gasteiger partial charge is 0.265 e. The number of rotatable bonds is 2. The quantitative estimate of drug-likeness (QED) is 0.699. The Labute approximate surface area is 85.9 Å². The van der Waals surface area contributed by atoms with Gasteiger partial charge in [-0.2, -0.15) is 0 Å². The predicted molar refractivity (Wildman–Crippen MR) is 55.7 cm³/mol. The molecule has 0 N–H and O–H groups in total. The van der Waals surface area contributed by atoms with Gasteiger partial charge in [-0.25, -0.2) is 11.6 Å². The molecule has 0 aromatic carbocycles. The minimum Gasteiger partial charge on any atom is -0.309 e. The van der Waals surface area contributed by atoms with Crippen molar-refractivity contribution in [2.24, 2.45) is 0 Å². The van der Waals surface area contributed by atoms with Gasteiger partial charge in [-0.05, 0) is 12.1 Å². The molecule has 2 aromatic heterocycles. The molecule has 0 aliphatic rings. The minimum atomic E-state index is 0.359. The second kappa shape index (κ2) is 3.99. The molecule has 3 nitrogen and oxygen atoms in total. The van der Waals surface area contributed by atoms with Gasteiger partial charge in [0.15, 0.2) is 5.01 Å². The molecule has 0 saturated heterocycles. The van der Waals surface area contributed by atoms with E-state index in [-0.39, 0.29) is 0 Å². The largest absolute Gasteiger partial charge is 0.309 e. The van der Waals surface area contributed by atoms with Crippen molar-refractivity contribution < 1.29 is 0 Å². The Bertz CT molecular complexity index is 456. The van der Waals surface area contributed by atoms with Crippen LogP contribution >= 0.6 is 11.3 Å². The zero-order valence-corrected chi connectivity index (χ0v) is 8.16.